The van der Waals surface area contributed by atoms with Gasteiger partial charge in [-0.25, -0.2) is 22.4 Å². The SMILES string of the molecule is COC(=O)N[C@H](C(=O)Nc1ccccc1CC[C@@H]1CN[C@H](CNS(=O)(=O)c2ccc3cnnn3c2)CO1)C(c1ccccc1)c1ccccc1. The third kappa shape index (κ3) is 8.52. The highest BCUT2D eigenvalue weighted by Gasteiger charge is 2.33. The molecule has 0 aliphatic carbocycles. The average Bonchev–Trinajstić information content (AvgIpc) is 3.63. The summed E-state index contributed by atoms with van der Waals surface area (Å²) >= 11 is 0. The van der Waals surface area contributed by atoms with Crippen LogP contribution in [-0.4, -0.2) is 80.2 Å². The number of pyridine rings is 1. The molecule has 1 aliphatic rings. The Kier molecular flexibility index (Phi) is 11.1. The van der Waals surface area contributed by atoms with Crippen molar-refractivity contribution in [3.05, 3.63) is 126 Å². The molecule has 0 unspecified atom stereocenters. The lowest BCUT2D eigenvalue weighted by Crippen LogP contribution is -2.51. The lowest BCUT2D eigenvalue weighted by Gasteiger charge is -2.31. The molecule has 4 N–H and O–H groups in total. The van der Waals surface area contributed by atoms with E-state index in [1.54, 1.807) is 12.3 Å². The molecular weight excluding hydrogens is 659 g/mol. The first-order valence-corrected chi connectivity index (χ1v) is 17.8. The van der Waals surface area contributed by atoms with Crippen LogP contribution in [0.15, 0.2) is 114 Å². The number of carbonyl (C=O) groups is 2. The standard InChI is InChI=1S/C36H39N7O6S/c1-48-36(45)41-34(33(26-11-4-2-5-12-26)27-13-6-3-7-14-27)35(44)40-32-15-9-8-10-25(32)16-18-30-22-37-28(24-49-30)20-39-50(46,47)31-19-17-29-21-38-42-43(29)23-31/h2-15,17,19,21,23,28,30,33-34,37,39H,16,18,20,22,24H2,1H3,(H,40,44)(H,41,45)/t28-,30-,34+/m1/s1. The molecule has 50 heavy (non-hydrogen) atoms. The summed E-state index contributed by atoms with van der Waals surface area (Å²) in [5.74, 6) is -0.872. The number of hydrogen-bond acceptors (Lipinski definition) is 9. The number of nitrogens with one attached hydrogen (secondary N) is 4. The number of aromatic nitrogens is 3. The summed E-state index contributed by atoms with van der Waals surface area (Å²) in [4.78, 5) is 26.7. The van der Waals surface area contributed by atoms with E-state index in [-0.39, 0.29) is 29.5 Å². The Balaban J connectivity index is 1.07. The lowest BCUT2D eigenvalue weighted by atomic mass is 9.84. The third-order valence-electron chi connectivity index (χ3n) is 8.67. The molecule has 260 valence electrons. The van der Waals surface area contributed by atoms with Crippen LogP contribution >= 0.6 is 0 Å². The van der Waals surface area contributed by atoms with Crippen molar-refractivity contribution in [2.24, 2.45) is 0 Å². The van der Waals surface area contributed by atoms with Crippen LogP contribution in [0.25, 0.3) is 5.52 Å². The molecule has 1 saturated heterocycles. The van der Waals surface area contributed by atoms with Gasteiger partial charge in [0.15, 0.2) is 0 Å². The molecule has 1 fully saturated rings. The van der Waals surface area contributed by atoms with Gasteiger partial charge < -0.3 is 25.4 Å². The number of rotatable bonds is 13. The largest absolute Gasteiger partial charge is 0.453 e. The predicted molar refractivity (Wildman–Crippen MR) is 187 cm³/mol. The number of morpholine rings is 1. The maximum absolute atomic E-state index is 14.0. The topological polar surface area (TPSA) is 165 Å². The van der Waals surface area contributed by atoms with Crippen molar-refractivity contribution in [3.8, 4) is 0 Å². The number of nitrogens with zero attached hydrogens (tertiary/aromatic N) is 3. The van der Waals surface area contributed by atoms with E-state index in [0.717, 1.165) is 16.7 Å². The van der Waals surface area contributed by atoms with Crippen LogP contribution in [0.3, 0.4) is 0 Å². The van der Waals surface area contributed by atoms with Crippen molar-refractivity contribution >= 4 is 33.2 Å². The van der Waals surface area contributed by atoms with Crippen molar-refractivity contribution in [3.63, 3.8) is 0 Å². The number of aryl methyl sites for hydroxylation is 1. The fourth-order valence-electron chi connectivity index (χ4n) is 6.01. The summed E-state index contributed by atoms with van der Waals surface area (Å²) in [6.45, 7) is 1.02. The summed E-state index contributed by atoms with van der Waals surface area (Å²) in [6.07, 6.45) is 3.42. The molecule has 2 aromatic heterocycles. The molecule has 1 aliphatic heterocycles. The monoisotopic (exact) mass is 697 g/mol. The van der Waals surface area contributed by atoms with Crippen LogP contribution in [-0.2, 0) is 30.7 Å². The van der Waals surface area contributed by atoms with Gasteiger partial charge in [0.2, 0.25) is 15.9 Å². The van der Waals surface area contributed by atoms with Crippen molar-refractivity contribution in [1.82, 2.24) is 30.2 Å². The number of benzene rings is 3. The zero-order chi connectivity index (χ0) is 34.9. The Labute approximate surface area is 290 Å². The molecule has 6 rings (SSSR count). The van der Waals surface area contributed by atoms with Crippen molar-refractivity contribution in [2.45, 2.75) is 41.8 Å². The molecule has 14 heteroatoms. The summed E-state index contributed by atoms with van der Waals surface area (Å²) in [5.41, 5.74) is 3.97. The van der Waals surface area contributed by atoms with Crippen LogP contribution in [0.4, 0.5) is 10.5 Å². The third-order valence-corrected chi connectivity index (χ3v) is 10.1. The minimum atomic E-state index is -3.75. The molecule has 5 aromatic rings. The van der Waals surface area contributed by atoms with E-state index in [9.17, 15) is 18.0 Å². The smallest absolute Gasteiger partial charge is 0.407 e. The van der Waals surface area contributed by atoms with E-state index < -0.39 is 28.1 Å². The van der Waals surface area contributed by atoms with Gasteiger partial charge in [0.05, 0.1) is 37.7 Å². The molecule has 0 saturated carbocycles. The number of anilines is 1. The normalized spacial score (nSPS) is 16.9. The van der Waals surface area contributed by atoms with E-state index in [1.165, 1.54) is 23.9 Å². The van der Waals surface area contributed by atoms with E-state index in [2.05, 4.69) is 31.0 Å². The first-order valence-electron chi connectivity index (χ1n) is 16.3. The molecule has 0 bridgehead atoms. The number of fused-ring (bicyclic) bond motifs is 1. The Morgan fingerprint density at radius 3 is 2.36 bits per heavy atom. The summed E-state index contributed by atoms with van der Waals surface area (Å²) < 4.78 is 40.8. The van der Waals surface area contributed by atoms with E-state index >= 15 is 0 Å². The van der Waals surface area contributed by atoms with E-state index in [0.29, 0.717) is 37.2 Å². The summed E-state index contributed by atoms with van der Waals surface area (Å²) in [6, 6.07) is 28.7. The van der Waals surface area contributed by atoms with E-state index in [1.807, 2.05) is 84.9 Å². The molecule has 0 radical (unpaired) electrons. The van der Waals surface area contributed by atoms with Gasteiger partial charge in [-0.3, -0.25) is 4.79 Å². The van der Waals surface area contributed by atoms with Gasteiger partial charge in [0, 0.05) is 30.7 Å². The van der Waals surface area contributed by atoms with Gasteiger partial charge in [-0.15, -0.1) is 5.10 Å². The Morgan fingerprint density at radius 2 is 1.68 bits per heavy atom. The summed E-state index contributed by atoms with van der Waals surface area (Å²) in [5, 5.41) is 16.9. The van der Waals surface area contributed by atoms with Gasteiger partial charge in [-0.05, 0) is 47.7 Å². The van der Waals surface area contributed by atoms with Crippen LogP contribution in [0.1, 0.15) is 29.0 Å². The van der Waals surface area contributed by atoms with Crippen LogP contribution in [0.5, 0.6) is 0 Å². The minimum absolute atomic E-state index is 0.0962. The van der Waals surface area contributed by atoms with Gasteiger partial charge in [-0.1, -0.05) is 84.1 Å². The highest BCUT2D eigenvalue weighted by molar-refractivity contribution is 7.89. The van der Waals surface area contributed by atoms with Crippen LogP contribution in [0, 0.1) is 0 Å². The zero-order valence-corrected chi connectivity index (χ0v) is 28.3. The first kappa shape index (κ1) is 34.7. The van der Waals surface area contributed by atoms with Crippen molar-refractivity contribution in [2.75, 3.05) is 32.1 Å². The van der Waals surface area contributed by atoms with Crippen molar-refractivity contribution < 1.29 is 27.5 Å². The molecule has 0 spiro atoms. The number of carbonyl (C=O) groups excluding carboxylic acids is 2. The van der Waals surface area contributed by atoms with Gasteiger partial charge in [-0.2, -0.15) is 0 Å². The Bertz CT molecular complexity index is 1960. The fourth-order valence-corrected chi connectivity index (χ4v) is 7.08. The number of hydrogen-bond donors (Lipinski definition) is 4. The van der Waals surface area contributed by atoms with Crippen molar-refractivity contribution in [1.29, 1.82) is 0 Å². The number of para-hydroxylation sites is 1. The Hall–Kier alpha value is -5.15. The second-order valence-electron chi connectivity index (χ2n) is 12.0. The van der Waals surface area contributed by atoms with Gasteiger partial charge in [0.1, 0.15) is 10.9 Å². The molecule has 3 atom stereocenters. The van der Waals surface area contributed by atoms with Crippen LogP contribution in [0.2, 0.25) is 0 Å². The van der Waals surface area contributed by atoms with Gasteiger partial charge >= 0.3 is 6.09 Å². The number of alkyl carbamates (subject to hydrolysis) is 1. The molecule has 2 amide bonds. The second-order valence-corrected chi connectivity index (χ2v) is 13.7. The highest BCUT2D eigenvalue weighted by Crippen LogP contribution is 2.30. The van der Waals surface area contributed by atoms with Crippen LogP contribution < -0.4 is 20.7 Å². The van der Waals surface area contributed by atoms with E-state index in [4.69, 9.17) is 9.47 Å². The van der Waals surface area contributed by atoms with Gasteiger partial charge in [0.25, 0.3) is 0 Å². The maximum Gasteiger partial charge on any atom is 0.407 e. The molecular formula is C36H39N7O6S. The highest BCUT2D eigenvalue weighted by atomic mass is 32.2. The summed E-state index contributed by atoms with van der Waals surface area (Å²) in [7, 11) is -2.49. The molecule has 13 nitrogen and oxygen atoms in total. The fraction of sp³-hybridized carbons (Fsp3) is 0.278. The average molecular weight is 698 g/mol. The number of methoxy groups -OCH3 is 1. The quantitative estimate of drug-likeness (QED) is 0.144. The predicted octanol–water partition coefficient (Wildman–Crippen LogP) is 3.49. The molecule has 3 aromatic carbocycles. The first-order chi connectivity index (χ1) is 24.3. The zero-order valence-electron chi connectivity index (χ0n) is 27.4. The molecule has 3 heterocycles. The Morgan fingerprint density at radius 1 is 0.980 bits per heavy atom. The number of ether oxygens (including phenoxy) is 2. The second kappa shape index (κ2) is 16.0. The maximum atomic E-state index is 14.0. The number of amides is 2. The minimum Gasteiger partial charge on any atom is -0.453 e. The lowest BCUT2D eigenvalue weighted by molar-refractivity contribution is -0.118. The number of sulfonamides is 1.